The van der Waals surface area contributed by atoms with Gasteiger partial charge < -0.3 is 29.7 Å². The molecule has 3 fully saturated rings. The van der Waals surface area contributed by atoms with Gasteiger partial charge in [-0.05, 0) is 87.9 Å². The predicted octanol–water partition coefficient (Wildman–Crippen LogP) is 4.58. The zero-order valence-corrected chi connectivity index (χ0v) is 33.8. The molecule has 0 aliphatic carbocycles. The summed E-state index contributed by atoms with van der Waals surface area (Å²) in [6.45, 7) is 9.53. The zero-order valence-electron chi connectivity index (χ0n) is 33.8. The van der Waals surface area contributed by atoms with Crippen LogP contribution in [0.4, 0.5) is 21.9 Å². The molecular formula is C42H48N12O6. The largest absolute Gasteiger partial charge is 0.372 e. The van der Waals surface area contributed by atoms with Gasteiger partial charge in [0.15, 0.2) is 5.65 Å². The highest BCUT2D eigenvalue weighted by molar-refractivity contribution is 6.05. The van der Waals surface area contributed by atoms with Crippen molar-refractivity contribution in [2.45, 2.75) is 83.9 Å². The van der Waals surface area contributed by atoms with Crippen LogP contribution in [0.3, 0.4) is 0 Å². The SMILES string of the molecule is Cc1cc2ncc(NC(=O)Nc3cnc(-c4noc(CCCCCN5CCN(c6ccc7c(c6)CN(C6CCC(=O)NC6=O)C7=O)CC5)n4)c(C)c3)c(C3CCCO3)n2n1. The van der Waals surface area contributed by atoms with E-state index >= 15 is 0 Å². The summed E-state index contributed by atoms with van der Waals surface area (Å²) in [6, 6.07) is 8.62. The molecule has 4 aliphatic rings. The monoisotopic (exact) mass is 816 g/mol. The van der Waals surface area contributed by atoms with Crippen molar-refractivity contribution in [1.82, 2.24) is 44.8 Å². The van der Waals surface area contributed by atoms with Gasteiger partial charge in [0, 0.05) is 69.5 Å². The first-order chi connectivity index (χ1) is 29.2. The molecule has 0 spiro atoms. The first kappa shape index (κ1) is 39.2. The highest BCUT2D eigenvalue weighted by Crippen LogP contribution is 2.34. The minimum Gasteiger partial charge on any atom is -0.372 e. The molecule has 3 saturated heterocycles. The first-order valence-electron chi connectivity index (χ1n) is 20.8. The number of anilines is 3. The molecule has 3 N–H and O–H groups in total. The smallest absolute Gasteiger partial charge is 0.323 e. The molecule has 60 heavy (non-hydrogen) atoms. The molecule has 2 unspecified atom stereocenters. The van der Waals surface area contributed by atoms with Crippen molar-refractivity contribution in [2.75, 3.05) is 54.9 Å². The summed E-state index contributed by atoms with van der Waals surface area (Å²) in [7, 11) is 0. The third-order valence-corrected chi connectivity index (χ3v) is 11.8. The van der Waals surface area contributed by atoms with E-state index in [1.807, 2.05) is 38.1 Å². The summed E-state index contributed by atoms with van der Waals surface area (Å²) in [4.78, 5) is 70.3. The molecule has 5 amide bonds. The van der Waals surface area contributed by atoms with Crippen LogP contribution < -0.4 is 20.9 Å². The number of nitrogens with one attached hydrogen (secondary N) is 3. The Labute approximate surface area is 346 Å². The van der Waals surface area contributed by atoms with Crippen LogP contribution >= 0.6 is 0 Å². The molecule has 1 aromatic carbocycles. The predicted molar refractivity (Wildman–Crippen MR) is 219 cm³/mol. The number of aryl methyl sites for hydroxylation is 3. The number of unbranched alkanes of at least 4 members (excludes halogenated alkanes) is 2. The van der Waals surface area contributed by atoms with Crippen molar-refractivity contribution < 1.29 is 28.4 Å². The summed E-state index contributed by atoms with van der Waals surface area (Å²) in [5, 5.41) is 16.9. The molecule has 4 aliphatic heterocycles. The number of nitrogens with zero attached hydrogens (tertiary/aromatic N) is 9. The zero-order chi connectivity index (χ0) is 41.3. The van der Waals surface area contributed by atoms with Gasteiger partial charge in [0.1, 0.15) is 17.8 Å². The van der Waals surface area contributed by atoms with Gasteiger partial charge in [-0.2, -0.15) is 10.1 Å². The third kappa shape index (κ3) is 8.16. The minimum atomic E-state index is -0.609. The number of hydrogen-bond acceptors (Lipinski definition) is 13. The summed E-state index contributed by atoms with van der Waals surface area (Å²) in [5.74, 6) is 0.151. The lowest BCUT2D eigenvalue weighted by Crippen LogP contribution is -2.52. The van der Waals surface area contributed by atoms with E-state index in [2.05, 4.69) is 57.0 Å². The van der Waals surface area contributed by atoms with E-state index in [9.17, 15) is 19.2 Å². The molecule has 0 saturated carbocycles. The topological polar surface area (TPSA) is 205 Å². The number of amides is 5. The van der Waals surface area contributed by atoms with E-state index in [1.165, 1.54) is 0 Å². The summed E-state index contributed by atoms with van der Waals surface area (Å²) in [6.07, 6.45) is 9.08. The fraction of sp³-hybridized carbons (Fsp3) is 0.452. The lowest BCUT2D eigenvalue weighted by atomic mass is 10.0. The van der Waals surface area contributed by atoms with Gasteiger partial charge in [-0.15, -0.1) is 0 Å². The number of urea groups is 1. The van der Waals surface area contributed by atoms with E-state index in [0.717, 1.165) is 93.0 Å². The lowest BCUT2D eigenvalue weighted by Gasteiger charge is -2.36. The number of carbonyl (C=O) groups excluding carboxylic acids is 4. The van der Waals surface area contributed by atoms with Crippen molar-refractivity contribution in [3.63, 3.8) is 0 Å². The maximum atomic E-state index is 13.1. The number of hydrogen-bond donors (Lipinski definition) is 3. The molecular weight excluding hydrogens is 769 g/mol. The van der Waals surface area contributed by atoms with Crippen molar-refractivity contribution in [2.24, 2.45) is 0 Å². The molecule has 5 aromatic rings. The summed E-state index contributed by atoms with van der Waals surface area (Å²) in [5.41, 5.74) is 7.37. The second-order valence-corrected chi connectivity index (χ2v) is 16.0. The Morgan fingerprint density at radius 1 is 0.967 bits per heavy atom. The number of piperazine rings is 1. The van der Waals surface area contributed by atoms with Crippen LogP contribution in [0.5, 0.6) is 0 Å². The molecule has 0 bridgehead atoms. The summed E-state index contributed by atoms with van der Waals surface area (Å²) < 4.78 is 13.3. The van der Waals surface area contributed by atoms with Crippen LogP contribution in [-0.4, -0.2) is 109 Å². The van der Waals surface area contributed by atoms with Crippen molar-refractivity contribution >= 4 is 46.5 Å². The number of benzene rings is 1. The Balaban J connectivity index is 0.709. The standard InChI is InChI=1S/C42H48N12O6/c1-25-19-28(45-42(58)46-31-23-43-34-20-26(2)49-54(34)38(31)33-7-6-18-59-33)22-44-37(25)39-48-36(60-50-39)8-4-3-5-13-51-14-16-52(17-15-51)29-9-10-30-27(21-29)24-53(41(30)57)32-11-12-35(55)47-40(32)56/h9-10,19-23,32-33H,3-8,11-18,24H2,1-2H3,(H2,45,46,58)(H,47,55,56). The Kier molecular flexibility index (Phi) is 11.0. The van der Waals surface area contributed by atoms with Crippen LogP contribution in [0.2, 0.25) is 0 Å². The number of piperidine rings is 1. The van der Waals surface area contributed by atoms with Crippen LogP contribution in [0.15, 0.2) is 47.2 Å². The van der Waals surface area contributed by atoms with Crippen molar-refractivity contribution in [1.29, 1.82) is 0 Å². The van der Waals surface area contributed by atoms with Crippen LogP contribution in [0.25, 0.3) is 17.2 Å². The molecule has 312 valence electrons. The molecule has 0 radical (unpaired) electrons. The fourth-order valence-electron chi connectivity index (χ4n) is 8.66. The van der Waals surface area contributed by atoms with Crippen LogP contribution in [-0.2, 0) is 27.3 Å². The maximum absolute atomic E-state index is 13.1. The van der Waals surface area contributed by atoms with Gasteiger partial charge in [-0.25, -0.2) is 14.3 Å². The summed E-state index contributed by atoms with van der Waals surface area (Å²) >= 11 is 0. The van der Waals surface area contributed by atoms with Crippen LogP contribution in [0.1, 0.15) is 89.8 Å². The van der Waals surface area contributed by atoms with Crippen molar-refractivity contribution in [3.05, 3.63) is 76.7 Å². The number of fused-ring (bicyclic) bond motifs is 2. The minimum absolute atomic E-state index is 0.149. The van der Waals surface area contributed by atoms with Crippen LogP contribution in [0, 0.1) is 13.8 Å². The Morgan fingerprint density at radius 3 is 2.63 bits per heavy atom. The van der Waals surface area contributed by atoms with Gasteiger partial charge in [-0.3, -0.25) is 29.6 Å². The average molecular weight is 817 g/mol. The van der Waals surface area contributed by atoms with E-state index in [0.29, 0.717) is 66.0 Å². The normalized spacial score (nSPS) is 19.6. The second-order valence-electron chi connectivity index (χ2n) is 16.0. The highest BCUT2D eigenvalue weighted by Gasteiger charge is 2.39. The Hall–Kier alpha value is -6.27. The number of aromatic nitrogens is 6. The first-order valence-corrected chi connectivity index (χ1v) is 20.8. The molecule has 4 aromatic heterocycles. The molecule has 9 rings (SSSR count). The lowest BCUT2D eigenvalue weighted by molar-refractivity contribution is -0.136. The van der Waals surface area contributed by atoms with Gasteiger partial charge in [0.2, 0.25) is 23.5 Å². The average Bonchev–Trinajstić information content (AvgIpc) is 4.06. The van der Waals surface area contributed by atoms with E-state index in [-0.39, 0.29) is 24.3 Å². The maximum Gasteiger partial charge on any atom is 0.323 e. The molecule has 18 heteroatoms. The van der Waals surface area contributed by atoms with Crippen molar-refractivity contribution in [3.8, 4) is 11.5 Å². The third-order valence-electron chi connectivity index (χ3n) is 11.8. The van der Waals surface area contributed by atoms with E-state index in [4.69, 9.17) is 9.26 Å². The molecule has 8 heterocycles. The number of carbonyl (C=O) groups is 4. The van der Waals surface area contributed by atoms with Gasteiger partial charge in [-0.1, -0.05) is 11.6 Å². The quantitative estimate of drug-likeness (QED) is 0.117. The second kappa shape index (κ2) is 16.8. The van der Waals surface area contributed by atoms with Gasteiger partial charge in [0.05, 0.1) is 35.2 Å². The Bertz CT molecular complexity index is 2450. The molecule has 18 nitrogen and oxygen atoms in total. The van der Waals surface area contributed by atoms with Gasteiger partial charge >= 0.3 is 6.03 Å². The Morgan fingerprint density at radius 2 is 1.83 bits per heavy atom. The highest BCUT2D eigenvalue weighted by atomic mass is 16.5. The van der Waals surface area contributed by atoms with E-state index in [1.54, 1.807) is 21.8 Å². The number of rotatable bonds is 12. The van der Waals surface area contributed by atoms with E-state index < -0.39 is 18.0 Å². The molecule has 2 atom stereocenters. The number of ether oxygens (including phenoxy) is 1. The fourth-order valence-corrected chi connectivity index (χ4v) is 8.66. The van der Waals surface area contributed by atoms with Gasteiger partial charge in [0.25, 0.3) is 5.91 Å². The number of pyridine rings is 1. The number of imide groups is 1.